The Morgan fingerprint density at radius 2 is 2.48 bits per heavy atom. The molecule has 1 aliphatic rings. The highest BCUT2D eigenvalue weighted by Crippen LogP contribution is 2.19. The molecular formula is C13H14N6OS. The molecule has 0 radical (unpaired) electrons. The third-order valence-electron chi connectivity index (χ3n) is 3.59. The van der Waals surface area contributed by atoms with E-state index in [2.05, 4.69) is 25.5 Å². The van der Waals surface area contributed by atoms with Crippen LogP contribution >= 0.6 is 11.3 Å². The van der Waals surface area contributed by atoms with Gasteiger partial charge in [-0.05, 0) is 17.9 Å². The Labute approximate surface area is 125 Å². The lowest BCUT2D eigenvalue weighted by Gasteiger charge is -2.22. The molecule has 0 amide bonds. The number of aryl methyl sites for hydroxylation is 1. The summed E-state index contributed by atoms with van der Waals surface area (Å²) >= 11 is 1.62. The highest BCUT2D eigenvalue weighted by Gasteiger charge is 2.20. The second-order valence-electron chi connectivity index (χ2n) is 5.00. The minimum absolute atomic E-state index is 0.357. The summed E-state index contributed by atoms with van der Waals surface area (Å²) in [6, 6.07) is 2.34. The van der Waals surface area contributed by atoms with Crippen LogP contribution in [-0.2, 0) is 19.5 Å². The van der Waals surface area contributed by atoms with Gasteiger partial charge < -0.3 is 9.84 Å². The lowest BCUT2D eigenvalue weighted by molar-refractivity contribution is 0.320. The minimum atomic E-state index is 0.357. The van der Waals surface area contributed by atoms with Crippen molar-refractivity contribution in [2.45, 2.75) is 32.0 Å². The fraction of sp³-hybridized carbons (Fsp3) is 0.385. The fourth-order valence-electron chi connectivity index (χ4n) is 2.47. The number of thiophene rings is 1. The molecule has 0 saturated heterocycles. The van der Waals surface area contributed by atoms with Gasteiger partial charge in [0.2, 0.25) is 11.7 Å². The van der Waals surface area contributed by atoms with Gasteiger partial charge in [-0.1, -0.05) is 5.16 Å². The van der Waals surface area contributed by atoms with E-state index >= 15 is 0 Å². The highest BCUT2D eigenvalue weighted by atomic mass is 32.1. The first-order chi connectivity index (χ1) is 10.4. The molecule has 4 heterocycles. The van der Waals surface area contributed by atoms with Crippen LogP contribution in [0.15, 0.2) is 27.7 Å². The summed E-state index contributed by atoms with van der Waals surface area (Å²) in [6.07, 6.45) is 3.61. The van der Waals surface area contributed by atoms with Crippen LogP contribution in [-0.4, -0.2) is 30.9 Å². The highest BCUT2D eigenvalue weighted by molar-refractivity contribution is 7.08. The van der Waals surface area contributed by atoms with Gasteiger partial charge in [-0.2, -0.15) is 21.4 Å². The molecule has 0 saturated carbocycles. The first-order valence-electron chi connectivity index (χ1n) is 6.84. The second-order valence-corrected chi connectivity index (χ2v) is 5.78. The van der Waals surface area contributed by atoms with Crippen LogP contribution in [0.1, 0.15) is 18.1 Å². The molecule has 4 rings (SSSR count). The standard InChI is InChI=1S/C13H14N6OS/c1-2-11-15-8-16-19(11)6-10(1)14-5-12-17-13(18-20-12)9-3-4-21-7-9/h3-4,7-8,10,14H,1-2,5-6H2/t10-/m0/s1. The van der Waals surface area contributed by atoms with E-state index in [0.29, 0.717) is 24.3 Å². The molecule has 21 heavy (non-hydrogen) atoms. The Hall–Kier alpha value is -2.06. The zero-order valence-corrected chi connectivity index (χ0v) is 12.1. The van der Waals surface area contributed by atoms with Crippen LogP contribution in [0.25, 0.3) is 11.4 Å². The number of hydrogen-bond acceptors (Lipinski definition) is 7. The van der Waals surface area contributed by atoms with Gasteiger partial charge in [-0.3, -0.25) is 0 Å². The van der Waals surface area contributed by atoms with Crippen LogP contribution in [0.2, 0.25) is 0 Å². The average Bonchev–Trinajstić information content (AvgIpc) is 3.24. The maximum atomic E-state index is 5.28. The van der Waals surface area contributed by atoms with E-state index < -0.39 is 0 Å². The van der Waals surface area contributed by atoms with Crippen molar-refractivity contribution in [3.63, 3.8) is 0 Å². The summed E-state index contributed by atoms with van der Waals surface area (Å²) in [4.78, 5) is 8.63. The Kier molecular flexibility index (Phi) is 3.24. The van der Waals surface area contributed by atoms with Crippen LogP contribution < -0.4 is 5.32 Å². The molecule has 0 unspecified atom stereocenters. The van der Waals surface area contributed by atoms with Gasteiger partial charge >= 0.3 is 0 Å². The second kappa shape index (κ2) is 5.38. The van der Waals surface area contributed by atoms with E-state index in [1.807, 2.05) is 21.5 Å². The molecule has 0 bridgehead atoms. The predicted molar refractivity (Wildman–Crippen MR) is 76.6 cm³/mol. The molecule has 1 atom stereocenters. The molecule has 0 fully saturated rings. The molecule has 108 valence electrons. The zero-order chi connectivity index (χ0) is 14.1. The van der Waals surface area contributed by atoms with Gasteiger partial charge in [0.15, 0.2) is 0 Å². The number of nitrogens with one attached hydrogen (secondary N) is 1. The van der Waals surface area contributed by atoms with E-state index in [0.717, 1.165) is 30.8 Å². The summed E-state index contributed by atoms with van der Waals surface area (Å²) in [5.41, 5.74) is 1.000. The van der Waals surface area contributed by atoms with Crippen molar-refractivity contribution in [2.24, 2.45) is 0 Å². The molecule has 0 spiro atoms. The lowest BCUT2D eigenvalue weighted by atomic mass is 10.1. The molecule has 0 aliphatic carbocycles. The largest absolute Gasteiger partial charge is 0.338 e. The first-order valence-corrected chi connectivity index (χ1v) is 7.78. The third-order valence-corrected chi connectivity index (χ3v) is 4.28. The van der Waals surface area contributed by atoms with Gasteiger partial charge in [0.1, 0.15) is 12.2 Å². The maximum Gasteiger partial charge on any atom is 0.240 e. The Balaban J connectivity index is 1.37. The first kappa shape index (κ1) is 12.7. The van der Waals surface area contributed by atoms with Crippen LogP contribution in [0.5, 0.6) is 0 Å². The molecule has 1 aliphatic heterocycles. The van der Waals surface area contributed by atoms with Crippen molar-refractivity contribution in [1.29, 1.82) is 0 Å². The van der Waals surface area contributed by atoms with Crippen molar-refractivity contribution in [3.8, 4) is 11.4 Å². The minimum Gasteiger partial charge on any atom is -0.338 e. The van der Waals surface area contributed by atoms with Gasteiger partial charge in [0, 0.05) is 23.4 Å². The summed E-state index contributed by atoms with van der Waals surface area (Å²) < 4.78 is 7.23. The predicted octanol–water partition coefficient (Wildman–Crippen LogP) is 1.49. The SMILES string of the molecule is c1nc2n(n1)C[C@@H](NCc1nc(-c3ccsc3)no1)CC2. The fourth-order valence-corrected chi connectivity index (χ4v) is 3.11. The quantitative estimate of drug-likeness (QED) is 0.786. The molecule has 1 N–H and O–H groups in total. The number of hydrogen-bond donors (Lipinski definition) is 1. The van der Waals surface area contributed by atoms with Crippen LogP contribution in [0, 0.1) is 0 Å². The van der Waals surface area contributed by atoms with Crippen molar-refractivity contribution in [2.75, 3.05) is 0 Å². The van der Waals surface area contributed by atoms with Crippen molar-refractivity contribution < 1.29 is 4.52 Å². The van der Waals surface area contributed by atoms with Crippen molar-refractivity contribution >= 4 is 11.3 Å². The van der Waals surface area contributed by atoms with E-state index in [9.17, 15) is 0 Å². The average molecular weight is 302 g/mol. The lowest BCUT2D eigenvalue weighted by Crippen LogP contribution is -2.37. The molecule has 3 aromatic heterocycles. The maximum absolute atomic E-state index is 5.28. The normalized spacial score (nSPS) is 17.8. The molecule has 7 nitrogen and oxygen atoms in total. The molecular weight excluding hydrogens is 288 g/mol. The van der Waals surface area contributed by atoms with Crippen LogP contribution in [0.3, 0.4) is 0 Å². The van der Waals surface area contributed by atoms with E-state index in [-0.39, 0.29) is 0 Å². The number of aromatic nitrogens is 5. The Morgan fingerprint density at radius 1 is 1.48 bits per heavy atom. The van der Waals surface area contributed by atoms with Gasteiger partial charge in [0.25, 0.3) is 0 Å². The molecule has 0 aromatic carbocycles. The monoisotopic (exact) mass is 302 g/mol. The summed E-state index contributed by atoms with van der Waals surface area (Å²) in [7, 11) is 0. The van der Waals surface area contributed by atoms with Crippen molar-refractivity contribution in [3.05, 3.63) is 34.9 Å². The summed E-state index contributed by atoms with van der Waals surface area (Å²) in [5, 5.41) is 15.7. The topological polar surface area (TPSA) is 81.7 Å². The molecule has 8 heteroatoms. The smallest absolute Gasteiger partial charge is 0.240 e. The summed E-state index contributed by atoms with van der Waals surface area (Å²) in [6.45, 7) is 1.41. The van der Waals surface area contributed by atoms with Crippen LogP contribution in [0.4, 0.5) is 0 Å². The third kappa shape index (κ3) is 2.59. The van der Waals surface area contributed by atoms with Crippen molar-refractivity contribution in [1.82, 2.24) is 30.2 Å². The number of rotatable bonds is 4. The Morgan fingerprint density at radius 3 is 3.38 bits per heavy atom. The van der Waals surface area contributed by atoms with E-state index in [4.69, 9.17) is 4.52 Å². The Bertz CT molecular complexity index is 719. The number of fused-ring (bicyclic) bond motifs is 1. The van der Waals surface area contributed by atoms with E-state index in [1.165, 1.54) is 0 Å². The van der Waals surface area contributed by atoms with Gasteiger partial charge in [-0.15, -0.1) is 0 Å². The van der Waals surface area contributed by atoms with Gasteiger partial charge in [-0.25, -0.2) is 9.67 Å². The number of nitrogens with zero attached hydrogens (tertiary/aromatic N) is 5. The van der Waals surface area contributed by atoms with Gasteiger partial charge in [0.05, 0.1) is 13.1 Å². The zero-order valence-electron chi connectivity index (χ0n) is 11.3. The summed E-state index contributed by atoms with van der Waals surface area (Å²) in [5.74, 6) is 2.32. The molecule has 3 aromatic rings. The van der Waals surface area contributed by atoms with E-state index in [1.54, 1.807) is 17.7 Å².